The number of hydrogen-bond donors (Lipinski definition) is 0. The molecule has 35 heavy (non-hydrogen) atoms. The minimum atomic E-state index is -4.03. The molecule has 1 amide bonds. The van der Waals surface area contributed by atoms with Gasteiger partial charge in [-0.15, -0.1) is 6.58 Å². The Morgan fingerprint density at radius 2 is 1.80 bits per heavy atom. The second-order valence-corrected chi connectivity index (χ2v) is 10.1. The molecular formula is C26H23ClN2O5S. The number of sulfonamides is 1. The quantitative estimate of drug-likeness (QED) is 0.330. The maximum atomic E-state index is 13.4. The second kappa shape index (κ2) is 10.3. The highest BCUT2D eigenvalue weighted by molar-refractivity contribution is 7.92. The fraction of sp³-hybridized carbons (Fsp3) is 0.154. The van der Waals surface area contributed by atoms with E-state index in [1.54, 1.807) is 29.2 Å². The van der Waals surface area contributed by atoms with Gasteiger partial charge in [-0.3, -0.25) is 9.10 Å². The van der Waals surface area contributed by atoms with E-state index < -0.39 is 22.6 Å². The van der Waals surface area contributed by atoms with Gasteiger partial charge >= 0.3 is 5.97 Å². The minimum Gasteiger partial charge on any atom is -0.452 e. The van der Waals surface area contributed by atoms with Gasteiger partial charge in [-0.05, 0) is 60.5 Å². The number of para-hydroxylation sites is 1. The highest BCUT2D eigenvalue weighted by Gasteiger charge is 2.27. The highest BCUT2D eigenvalue weighted by Crippen LogP contribution is 2.28. The van der Waals surface area contributed by atoms with Gasteiger partial charge in [0.1, 0.15) is 0 Å². The summed E-state index contributed by atoms with van der Waals surface area (Å²) in [5.41, 5.74) is 2.30. The van der Waals surface area contributed by atoms with Crippen molar-refractivity contribution in [2.75, 3.05) is 28.9 Å². The average Bonchev–Trinajstić information content (AvgIpc) is 3.30. The van der Waals surface area contributed by atoms with Crippen molar-refractivity contribution in [3.63, 3.8) is 0 Å². The van der Waals surface area contributed by atoms with E-state index in [0.29, 0.717) is 17.3 Å². The standard InChI is InChI=1S/C26H23ClN2O5S/c1-2-15-29(22-12-10-21(27)11-13-22)35(32,33)23-8-5-7-20(17-23)26(31)34-18-25(30)28-16-14-19-6-3-4-9-24(19)28/h2-13,17H,1,14-16,18H2. The molecular weight excluding hydrogens is 488 g/mol. The molecule has 0 saturated heterocycles. The zero-order valence-electron chi connectivity index (χ0n) is 18.8. The summed E-state index contributed by atoms with van der Waals surface area (Å²) in [6.07, 6.45) is 2.21. The van der Waals surface area contributed by atoms with Gasteiger partial charge in [0.05, 0.1) is 22.7 Å². The second-order valence-electron chi connectivity index (χ2n) is 7.83. The average molecular weight is 511 g/mol. The van der Waals surface area contributed by atoms with Crippen LogP contribution in [0.1, 0.15) is 15.9 Å². The Balaban J connectivity index is 1.49. The lowest BCUT2D eigenvalue weighted by atomic mass is 10.2. The molecule has 4 rings (SSSR count). The monoisotopic (exact) mass is 510 g/mol. The van der Waals surface area contributed by atoms with Crippen LogP contribution in [-0.2, 0) is 26.0 Å². The SMILES string of the molecule is C=CCN(c1ccc(Cl)cc1)S(=O)(=O)c1cccc(C(=O)OCC(=O)N2CCc3ccccc32)c1. The van der Waals surface area contributed by atoms with Crippen molar-refractivity contribution >= 4 is 44.9 Å². The lowest BCUT2D eigenvalue weighted by molar-refractivity contribution is -0.121. The van der Waals surface area contributed by atoms with Crippen LogP contribution < -0.4 is 9.21 Å². The molecule has 0 aliphatic carbocycles. The Morgan fingerprint density at radius 1 is 1.06 bits per heavy atom. The van der Waals surface area contributed by atoms with E-state index >= 15 is 0 Å². The minimum absolute atomic E-state index is 0.0183. The third-order valence-corrected chi connectivity index (χ3v) is 7.62. The number of halogens is 1. The lowest BCUT2D eigenvalue weighted by Crippen LogP contribution is -2.33. The number of anilines is 2. The Hall–Kier alpha value is -3.62. The first-order valence-corrected chi connectivity index (χ1v) is 12.7. The number of benzene rings is 3. The fourth-order valence-corrected chi connectivity index (χ4v) is 5.47. The molecule has 0 fully saturated rings. The number of esters is 1. The summed E-state index contributed by atoms with van der Waals surface area (Å²) >= 11 is 5.93. The summed E-state index contributed by atoms with van der Waals surface area (Å²) in [6.45, 7) is 3.73. The normalized spacial score (nSPS) is 12.7. The van der Waals surface area contributed by atoms with Crippen LogP contribution in [0.5, 0.6) is 0 Å². The smallest absolute Gasteiger partial charge is 0.338 e. The van der Waals surface area contributed by atoms with Crippen molar-refractivity contribution in [1.82, 2.24) is 0 Å². The van der Waals surface area contributed by atoms with Gasteiger partial charge < -0.3 is 9.64 Å². The molecule has 180 valence electrons. The highest BCUT2D eigenvalue weighted by atomic mass is 35.5. The fourth-order valence-electron chi connectivity index (χ4n) is 3.86. The summed E-state index contributed by atoms with van der Waals surface area (Å²) in [5, 5.41) is 0.474. The maximum Gasteiger partial charge on any atom is 0.338 e. The first-order valence-electron chi connectivity index (χ1n) is 10.9. The molecule has 0 saturated carbocycles. The van der Waals surface area contributed by atoms with Gasteiger partial charge in [-0.1, -0.05) is 41.9 Å². The number of nitrogens with zero attached hydrogens (tertiary/aromatic N) is 2. The molecule has 1 aliphatic rings. The van der Waals surface area contributed by atoms with E-state index in [1.165, 1.54) is 30.3 Å². The Morgan fingerprint density at radius 3 is 2.54 bits per heavy atom. The topological polar surface area (TPSA) is 84.0 Å². The van der Waals surface area contributed by atoms with Crippen molar-refractivity contribution in [2.24, 2.45) is 0 Å². The van der Waals surface area contributed by atoms with Gasteiger partial charge in [0, 0.05) is 17.3 Å². The number of hydrogen-bond acceptors (Lipinski definition) is 5. The lowest BCUT2D eigenvalue weighted by Gasteiger charge is -2.23. The number of rotatable bonds is 8. The van der Waals surface area contributed by atoms with E-state index in [9.17, 15) is 18.0 Å². The molecule has 1 aliphatic heterocycles. The predicted molar refractivity (Wildman–Crippen MR) is 135 cm³/mol. The first-order chi connectivity index (χ1) is 16.8. The van der Waals surface area contributed by atoms with Crippen molar-refractivity contribution in [3.05, 3.63) is 102 Å². The molecule has 0 bridgehead atoms. The van der Waals surface area contributed by atoms with E-state index in [0.717, 1.165) is 22.0 Å². The van der Waals surface area contributed by atoms with E-state index in [4.69, 9.17) is 16.3 Å². The van der Waals surface area contributed by atoms with Gasteiger partial charge in [0.25, 0.3) is 15.9 Å². The molecule has 7 nitrogen and oxygen atoms in total. The van der Waals surface area contributed by atoms with Gasteiger partial charge in [0.2, 0.25) is 0 Å². The van der Waals surface area contributed by atoms with Crippen LogP contribution in [0.2, 0.25) is 5.02 Å². The molecule has 3 aromatic carbocycles. The van der Waals surface area contributed by atoms with Gasteiger partial charge in [0.15, 0.2) is 6.61 Å². The van der Waals surface area contributed by atoms with Crippen molar-refractivity contribution in [3.8, 4) is 0 Å². The molecule has 0 spiro atoms. The maximum absolute atomic E-state index is 13.4. The van der Waals surface area contributed by atoms with Crippen LogP contribution >= 0.6 is 11.6 Å². The third kappa shape index (κ3) is 5.23. The van der Waals surface area contributed by atoms with E-state index in [2.05, 4.69) is 6.58 Å². The molecule has 0 N–H and O–H groups in total. The van der Waals surface area contributed by atoms with Crippen LogP contribution in [0.15, 0.2) is 90.3 Å². The summed E-state index contributed by atoms with van der Waals surface area (Å²) in [5.74, 6) is -1.13. The van der Waals surface area contributed by atoms with Gasteiger partial charge in [-0.2, -0.15) is 0 Å². The van der Waals surface area contributed by atoms with Crippen LogP contribution in [-0.4, -0.2) is 40.0 Å². The molecule has 1 heterocycles. The van der Waals surface area contributed by atoms with Crippen LogP contribution in [0, 0.1) is 0 Å². The third-order valence-electron chi connectivity index (χ3n) is 5.58. The van der Waals surface area contributed by atoms with Crippen LogP contribution in [0.3, 0.4) is 0 Å². The first kappa shape index (κ1) is 24.5. The van der Waals surface area contributed by atoms with E-state index in [1.807, 2.05) is 24.3 Å². The molecule has 0 radical (unpaired) electrons. The summed E-state index contributed by atoms with van der Waals surface area (Å²) in [6, 6.07) is 19.5. The van der Waals surface area contributed by atoms with E-state index in [-0.39, 0.29) is 22.9 Å². The van der Waals surface area contributed by atoms with Crippen molar-refractivity contribution < 1.29 is 22.7 Å². The summed E-state index contributed by atoms with van der Waals surface area (Å²) in [4.78, 5) is 26.8. The molecule has 0 aromatic heterocycles. The zero-order valence-corrected chi connectivity index (χ0v) is 20.3. The van der Waals surface area contributed by atoms with Crippen molar-refractivity contribution in [2.45, 2.75) is 11.3 Å². The largest absolute Gasteiger partial charge is 0.452 e. The van der Waals surface area contributed by atoms with Crippen molar-refractivity contribution in [1.29, 1.82) is 0 Å². The Kier molecular flexibility index (Phi) is 7.23. The number of amides is 1. The summed E-state index contributed by atoms with van der Waals surface area (Å²) < 4.78 is 33.1. The zero-order chi connectivity index (χ0) is 25.0. The van der Waals surface area contributed by atoms with Gasteiger partial charge in [-0.25, -0.2) is 13.2 Å². The molecule has 0 unspecified atom stereocenters. The van der Waals surface area contributed by atoms with Crippen LogP contribution in [0.4, 0.5) is 11.4 Å². The summed E-state index contributed by atoms with van der Waals surface area (Å²) in [7, 11) is -4.03. The number of ether oxygens (including phenoxy) is 1. The van der Waals surface area contributed by atoms with Crippen LogP contribution in [0.25, 0.3) is 0 Å². The number of fused-ring (bicyclic) bond motifs is 1. The Bertz CT molecular complexity index is 1370. The molecule has 3 aromatic rings. The predicted octanol–water partition coefficient (Wildman–Crippen LogP) is 4.47. The number of carbonyl (C=O) groups is 2. The Labute approximate surface area is 209 Å². The molecule has 9 heteroatoms. The molecule has 0 atom stereocenters. The number of carbonyl (C=O) groups excluding carboxylic acids is 2.